The predicted molar refractivity (Wildman–Crippen MR) is 125 cm³/mol. The zero-order chi connectivity index (χ0) is 24.1. The summed E-state index contributed by atoms with van der Waals surface area (Å²) in [6.45, 7) is 14.4. The van der Waals surface area contributed by atoms with Crippen molar-refractivity contribution in [2.45, 2.75) is 77.7 Å². The molecule has 9 heteroatoms. The standard InChI is InChI=1S/C23H34BClN2O5/c1-21(2,3)30-20(29)26(8)16-11-12-27(14-16)19(28)15-9-10-18(25)17(13-15)24-31-22(4,5)23(6,7)32-24/h9-10,13,16H,11-12,14H2,1-8H3/t16-/m0/s1. The van der Waals surface area contributed by atoms with Crippen LogP contribution in [-0.4, -0.2) is 71.9 Å². The number of halogens is 1. The maximum Gasteiger partial charge on any atom is 0.496 e. The molecule has 3 rings (SSSR count). The highest BCUT2D eigenvalue weighted by Gasteiger charge is 2.52. The molecule has 0 aliphatic carbocycles. The molecule has 0 aromatic heterocycles. The van der Waals surface area contributed by atoms with Gasteiger partial charge in [0.1, 0.15) is 5.60 Å². The molecular formula is C23H34BClN2O5. The second kappa shape index (κ2) is 8.54. The second-order valence-electron chi connectivity index (χ2n) is 10.6. The summed E-state index contributed by atoms with van der Waals surface area (Å²) in [4.78, 5) is 28.9. The highest BCUT2D eigenvalue weighted by molar-refractivity contribution is 6.65. The molecule has 0 unspecified atom stereocenters. The van der Waals surface area contributed by atoms with E-state index in [2.05, 4.69) is 0 Å². The number of nitrogens with zero attached hydrogens (tertiary/aromatic N) is 2. The van der Waals surface area contributed by atoms with Crippen molar-refractivity contribution in [2.75, 3.05) is 20.1 Å². The Labute approximate surface area is 196 Å². The van der Waals surface area contributed by atoms with Crippen LogP contribution in [0.25, 0.3) is 0 Å². The maximum atomic E-state index is 13.2. The molecule has 2 fully saturated rings. The van der Waals surface area contributed by atoms with Crippen LogP contribution >= 0.6 is 11.6 Å². The van der Waals surface area contributed by atoms with E-state index in [1.807, 2.05) is 48.5 Å². The van der Waals surface area contributed by atoms with Gasteiger partial charge in [-0.05, 0) is 73.1 Å². The Morgan fingerprint density at radius 2 is 1.78 bits per heavy atom. The van der Waals surface area contributed by atoms with Crippen LogP contribution in [0.5, 0.6) is 0 Å². The number of hydrogen-bond acceptors (Lipinski definition) is 5. The van der Waals surface area contributed by atoms with Gasteiger partial charge in [-0.25, -0.2) is 4.79 Å². The molecule has 2 aliphatic heterocycles. The molecule has 176 valence electrons. The van der Waals surface area contributed by atoms with Crippen LogP contribution in [0.3, 0.4) is 0 Å². The van der Waals surface area contributed by atoms with Crippen LogP contribution in [0.2, 0.25) is 5.02 Å². The van der Waals surface area contributed by atoms with Crippen LogP contribution in [0, 0.1) is 0 Å². The number of carbonyl (C=O) groups excluding carboxylic acids is 2. The number of likely N-dealkylation sites (N-methyl/N-ethyl adjacent to an activating group) is 1. The zero-order valence-electron chi connectivity index (χ0n) is 20.3. The number of carbonyl (C=O) groups is 2. The van der Waals surface area contributed by atoms with Gasteiger partial charge in [0.05, 0.1) is 17.2 Å². The Morgan fingerprint density at radius 3 is 2.34 bits per heavy atom. The molecule has 0 spiro atoms. The lowest BCUT2D eigenvalue weighted by molar-refractivity contribution is 0.00578. The Bertz CT molecular complexity index is 883. The van der Waals surface area contributed by atoms with Crippen LogP contribution in [0.15, 0.2) is 18.2 Å². The van der Waals surface area contributed by atoms with E-state index in [0.717, 1.165) is 0 Å². The molecule has 2 amide bonds. The van der Waals surface area contributed by atoms with Crippen LogP contribution < -0.4 is 5.46 Å². The lowest BCUT2D eigenvalue weighted by atomic mass is 9.78. The number of ether oxygens (including phenoxy) is 1. The summed E-state index contributed by atoms with van der Waals surface area (Å²) in [6, 6.07) is 5.07. The van der Waals surface area contributed by atoms with Gasteiger partial charge in [0, 0.05) is 36.2 Å². The summed E-state index contributed by atoms with van der Waals surface area (Å²) >= 11 is 6.44. The van der Waals surface area contributed by atoms with Crippen LogP contribution in [0.4, 0.5) is 4.79 Å². The third-order valence-corrected chi connectivity index (χ3v) is 6.77. The van der Waals surface area contributed by atoms with Crippen molar-refractivity contribution >= 4 is 36.2 Å². The van der Waals surface area contributed by atoms with Gasteiger partial charge in [-0.15, -0.1) is 0 Å². The number of benzene rings is 1. The van der Waals surface area contributed by atoms with Crippen molar-refractivity contribution in [1.29, 1.82) is 0 Å². The Balaban J connectivity index is 1.71. The molecule has 1 atom stereocenters. The average molecular weight is 465 g/mol. The quantitative estimate of drug-likeness (QED) is 0.638. The highest BCUT2D eigenvalue weighted by atomic mass is 35.5. The first-order valence-electron chi connectivity index (χ1n) is 11.0. The average Bonchev–Trinajstić information content (AvgIpc) is 3.22. The fourth-order valence-electron chi connectivity index (χ4n) is 3.74. The van der Waals surface area contributed by atoms with Gasteiger partial charge in [-0.2, -0.15) is 0 Å². The van der Waals surface area contributed by atoms with Gasteiger partial charge in [-0.3, -0.25) is 4.79 Å². The van der Waals surface area contributed by atoms with Gasteiger partial charge in [0.15, 0.2) is 0 Å². The van der Waals surface area contributed by atoms with Crippen molar-refractivity contribution in [3.63, 3.8) is 0 Å². The fourth-order valence-corrected chi connectivity index (χ4v) is 3.94. The summed E-state index contributed by atoms with van der Waals surface area (Å²) in [5, 5.41) is 0.490. The molecule has 1 aromatic carbocycles. The van der Waals surface area contributed by atoms with E-state index in [-0.39, 0.29) is 18.0 Å². The summed E-state index contributed by atoms with van der Waals surface area (Å²) in [6.07, 6.45) is 0.311. The number of likely N-dealkylation sites (tertiary alicyclic amines) is 1. The molecule has 0 saturated carbocycles. The van der Waals surface area contributed by atoms with Crippen molar-refractivity contribution in [3.8, 4) is 0 Å². The minimum Gasteiger partial charge on any atom is -0.444 e. The van der Waals surface area contributed by atoms with Gasteiger partial charge >= 0.3 is 13.2 Å². The van der Waals surface area contributed by atoms with E-state index < -0.39 is 23.9 Å². The maximum absolute atomic E-state index is 13.2. The SMILES string of the molecule is CN(C(=O)OC(C)(C)C)[C@H]1CCN(C(=O)c2ccc(Cl)c(B3OC(C)(C)C(C)(C)O3)c2)C1. The number of hydrogen-bond donors (Lipinski definition) is 0. The first-order chi connectivity index (χ1) is 14.6. The zero-order valence-corrected chi connectivity index (χ0v) is 21.1. The lowest BCUT2D eigenvalue weighted by Gasteiger charge is -2.32. The Hall–Kier alpha value is -1.77. The van der Waals surface area contributed by atoms with Crippen molar-refractivity contribution in [3.05, 3.63) is 28.8 Å². The third-order valence-electron chi connectivity index (χ3n) is 6.43. The smallest absolute Gasteiger partial charge is 0.444 e. The largest absolute Gasteiger partial charge is 0.496 e. The molecule has 1 aromatic rings. The van der Waals surface area contributed by atoms with Gasteiger partial charge in [-0.1, -0.05) is 11.6 Å². The number of rotatable bonds is 3. The van der Waals surface area contributed by atoms with E-state index >= 15 is 0 Å². The monoisotopic (exact) mass is 464 g/mol. The van der Waals surface area contributed by atoms with E-state index in [4.69, 9.17) is 25.6 Å². The van der Waals surface area contributed by atoms with E-state index in [1.165, 1.54) is 0 Å². The van der Waals surface area contributed by atoms with Gasteiger partial charge in [0.2, 0.25) is 0 Å². The summed E-state index contributed by atoms with van der Waals surface area (Å²) in [5.41, 5.74) is -0.421. The summed E-state index contributed by atoms with van der Waals surface area (Å²) in [5.74, 6) is -0.112. The van der Waals surface area contributed by atoms with Gasteiger partial charge < -0.3 is 23.8 Å². The minimum atomic E-state index is -0.648. The van der Waals surface area contributed by atoms with Gasteiger partial charge in [0.25, 0.3) is 5.91 Å². The highest BCUT2D eigenvalue weighted by Crippen LogP contribution is 2.37. The third kappa shape index (κ3) is 5.08. The molecule has 7 nitrogen and oxygen atoms in total. The van der Waals surface area contributed by atoms with Crippen LogP contribution in [0.1, 0.15) is 65.2 Å². The lowest BCUT2D eigenvalue weighted by Crippen LogP contribution is -2.42. The fraction of sp³-hybridized carbons (Fsp3) is 0.652. The minimum absolute atomic E-state index is 0.0938. The normalized spacial score (nSPS) is 22.2. The topological polar surface area (TPSA) is 68.3 Å². The summed E-state index contributed by atoms with van der Waals surface area (Å²) in [7, 11) is 1.07. The number of amides is 2. The summed E-state index contributed by atoms with van der Waals surface area (Å²) < 4.78 is 17.7. The molecule has 0 N–H and O–H groups in total. The van der Waals surface area contributed by atoms with Crippen LogP contribution in [-0.2, 0) is 14.0 Å². The second-order valence-corrected chi connectivity index (χ2v) is 11.0. The molecule has 0 radical (unpaired) electrons. The Morgan fingerprint density at radius 1 is 1.19 bits per heavy atom. The molecule has 0 bridgehead atoms. The molecular weight excluding hydrogens is 431 g/mol. The van der Waals surface area contributed by atoms with E-state index in [1.54, 1.807) is 35.0 Å². The molecule has 32 heavy (non-hydrogen) atoms. The molecule has 2 heterocycles. The predicted octanol–water partition coefficient (Wildman–Crippen LogP) is 3.72. The Kier molecular flexibility index (Phi) is 6.64. The first kappa shape index (κ1) is 24.9. The molecule has 2 saturated heterocycles. The molecule has 2 aliphatic rings. The van der Waals surface area contributed by atoms with Crippen molar-refractivity contribution < 1.29 is 23.6 Å². The van der Waals surface area contributed by atoms with E-state index in [0.29, 0.717) is 35.6 Å². The van der Waals surface area contributed by atoms with E-state index in [9.17, 15) is 9.59 Å². The van der Waals surface area contributed by atoms with Crippen molar-refractivity contribution in [2.24, 2.45) is 0 Å². The van der Waals surface area contributed by atoms with Crippen molar-refractivity contribution in [1.82, 2.24) is 9.80 Å². The first-order valence-corrected chi connectivity index (χ1v) is 11.4.